The predicted molar refractivity (Wildman–Crippen MR) is 73.8 cm³/mol. The fraction of sp³-hybridized carbons (Fsp3) is 0.583. The third kappa shape index (κ3) is 3.36. The monoisotopic (exact) mass is 266 g/mol. The smallest absolute Gasteiger partial charge is 0.317 e. The lowest BCUT2D eigenvalue weighted by Crippen LogP contribution is -2.36. The Hall–Kier alpha value is -1.27. The second kappa shape index (κ2) is 5.58. The van der Waals surface area contributed by atoms with E-state index in [2.05, 4.69) is 21.9 Å². The van der Waals surface area contributed by atoms with Crippen LogP contribution in [0.1, 0.15) is 24.2 Å². The summed E-state index contributed by atoms with van der Waals surface area (Å²) in [7, 11) is 2.12. The number of aromatic nitrogens is 2. The highest BCUT2D eigenvalue weighted by atomic mass is 32.1. The fourth-order valence-corrected chi connectivity index (χ4v) is 2.08. The van der Waals surface area contributed by atoms with E-state index in [0.717, 1.165) is 31.6 Å². The average molecular weight is 266 g/mol. The zero-order chi connectivity index (χ0) is 13.1. The van der Waals surface area contributed by atoms with Gasteiger partial charge in [0.05, 0.1) is 0 Å². The van der Waals surface area contributed by atoms with E-state index < -0.39 is 0 Å². The van der Waals surface area contributed by atoms with Crippen LogP contribution in [0.15, 0.2) is 6.07 Å². The van der Waals surface area contributed by atoms with Gasteiger partial charge in [-0.1, -0.05) is 12.2 Å². The maximum absolute atomic E-state index is 5.81. The van der Waals surface area contributed by atoms with Crippen LogP contribution in [0.5, 0.6) is 6.01 Å². The third-order valence-corrected chi connectivity index (χ3v) is 3.23. The number of nitrogens with two attached hydrogens (primary N) is 1. The molecule has 0 amide bonds. The van der Waals surface area contributed by atoms with Gasteiger partial charge in [-0.15, -0.1) is 0 Å². The summed E-state index contributed by atoms with van der Waals surface area (Å²) in [6.45, 7) is 3.96. The van der Waals surface area contributed by atoms with Gasteiger partial charge in [0.2, 0.25) is 0 Å². The molecule has 0 saturated carbocycles. The number of aryl methyl sites for hydroxylation is 1. The molecule has 2 rings (SSSR count). The molecule has 1 saturated heterocycles. The number of hydrogen-bond acceptors (Lipinski definition) is 5. The molecule has 6 heteroatoms. The molecule has 2 N–H and O–H groups in total. The summed E-state index contributed by atoms with van der Waals surface area (Å²) in [6.07, 6.45) is 2.18. The van der Waals surface area contributed by atoms with E-state index in [1.54, 1.807) is 6.07 Å². The van der Waals surface area contributed by atoms with Gasteiger partial charge in [0.15, 0.2) is 0 Å². The van der Waals surface area contributed by atoms with Crippen LogP contribution in [0.2, 0.25) is 0 Å². The minimum atomic E-state index is 0.183. The van der Waals surface area contributed by atoms with E-state index >= 15 is 0 Å². The fourth-order valence-electron chi connectivity index (χ4n) is 1.97. The maximum Gasteiger partial charge on any atom is 0.317 e. The molecule has 5 nitrogen and oxygen atoms in total. The van der Waals surface area contributed by atoms with Crippen LogP contribution in [-0.4, -0.2) is 46.1 Å². The van der Waals surface area contributed by atoms with Crippen molar-refractivity contribution in [2.45, 2.75) is 25.9 Å². The summed E-state index contributed by atoms with van der Waals surface area (Å²) in [5, 5.41) is 0. The normalized spacial score (nSPS) is 17.7. The highest BCUT2D eigenvalue weighted by Crippen LogP contribution is 2.16. The summed E-state index contributed by atoms with van der Waals surface area (Å²) in [5.41, 5.74) is 6.97. The first kappa shape index (κ1) is 13.2. The van der Waals surface area contributed by atoms with Crippen molar-refractivity contribution < 1.29 is 4.74 Å². The van der Waals surface area contributed by atoms with Gasteiger partial charge in [-0.3, -0.25) is 0 Å². The van der Waals surface area contributed by atoms with Gasteiger partial charge in [-0.05, 0) is 32.9 Å². The number of hydrogen-bond donors (Lipinski definition) is 1. The molecule has 2 heterocycles. The molecule has 1 aliphatic rings. The number of piperidine rings is 1. The topological polar surface area (TPSA) is 64.3 Å². The third-order valence-electron chi connectivity index (χ3n) is 3.02. The van der Waals surface area contributed by atoms with E-state index in [9.17, 15) is 0 Å². The quantitative estimate of drug-likeness (QED) is 0.820. The molecule has 0 bridgehead atoms. The number of rotatable bonds is 3. The van der Waals surface area contributed by atoms with Crippen LogP contribution in [-0.2, 0) is 0 Å². The Morgan fingerprint density at radius 3 is 2.72 bits per heavy atom. The van der Waals surface area contributed by atoms with Gasteiger partial charge < -0.3 is 15.4 Å². The Morgan fingerprint density at radius 2 is 2.11 bits per heavy atom. The van der Waals surface area contributed by atoms with Crippen molar-refractivity contribution in [3.8, 4) is 6.01 Å². The molecule has 98 valence electrons. The lowest BCUT2D eigenvalue weighted by atomic mass is 10.1. The molecule has 0 atom stereocenters. The molecular weight excluding hydrogens is 248 g/mol. The van der Waals surface area contributed by atoms with Crippen LogP contribution in [0, 0.1) is 6.92 Å². The van der Waals surface area contributed by atoms with Crippen molar-refractivity contribution in [2.24, 2.45) is 5.73 Å². The molecule has 0 unspecified atom stereocenters. The minimum absolute atomic E-state index is 0.183. The van der Waals surface area contributed by atoms with Gasteiger partial charge in [0, 0.05) is 18.8 Å². The molecule has 1 fully saturated rings. The molecule has 0 aliphatic carbocycles. The van der Waals surface area contributed by atoms with E-state index in [4.69, 9.17) is 22.7 Å². The highest BCUT2D eigenvalue weighted by molar-refractivity contribution is 7.80. The Balaban J connectivity index is 2.07. The first-order chi connectivity index (χ1) is 8.54. The first-order valence-electron chi connectivity index (χ1n) is 6.05. The van der Waals surface area contributed by atoms with Crippen molar-refractivity contribution in [2.75, 3.05) is 20.1 Å². The predicted octanol–water partition coefficient (Wildman–Crippen LogP) is 0.892. The zero-order valence-electron chi connectivity index (χ0n) is 10.7. The summed E-state index contributed by atoms with van der Waals surface area (Å²) in [4.78, 5) is 11.1. The van der Waals surface area contributed by atoms with Gasteiger partial charge in [0.1, 0.15) is 16.8 Å². The van der Waals surface area contributed by atoms with Crippen LogP contribution in [0.4, 0.5) is 0 Å². The van der Waals surface area contributed by atoms with Gasteiger partial charge in [-0.2, -0.15) is 4.98 Å². The van der Waals surface area contributed by atoms with Gasteiger partial charge in [-0.25, -0.2) is 4.98 Å². The number of thiocarbonyl (C=S) groups is 1. The lowest BCUT2D eigenvalue weighted by Gasteiger charge is -2.28. The summed E-state index contributed by atoms with van der Waals surface area (Å²) in [6, 6.07) is 2.15. The molecule has 0 aromatic carbocycles. The Bertz CT molecular complexity index is 444. The molecule has 0 spiro atoms. The summed E-state index contributed by atoms with van der Waals surface area (Å²) >= 11 is 4.93. The molecule has 0 radical (unpaired) electrons. The largest absolute Gasteiger partial charge is 0.460 e. The summed E-state index contributed by atoms with van der Waals surface area (Å²) < 4.78 is 5.81. The van der Waals surface area contributed by atoms with Crippen molar-refractivity contribution >= 4 is 17.2 Å². The average Bonchev–Trinajstić information content (AvgIpc) is 2.31. The van der Waals surface area contributed by atoms with E-state index in [1.807, 2.05) is 6.92 Å². The standard InChI is InChI=1S/C12H18N4OS/c1-8-7-10(11(13)18)15-12(14-8)17-9-3-5-16(2)6-4-9/h7,9H,3-6H2,1-2H3,(H2,13,18). The van der Waals surface area contributed by atoms with Crippen molar-refractivity contribution in [1.29, 1.82) is 0 Å². The summed E-state index contributed by atoms with van der Waals surface area (Å²) in [5.74, 6) is 0. The van der Waals surface area contributed by atoms with Crippen LogP contribution in [0.25, 0.3) is 0 Å². The number of ether oxygens (including phenoxy) is 1. The van der Waals surface area contributed by atoms with Crippen molar-refractivity contribution in [1.82, 2.24) is 14.9 Å². The van der Waals surface area contributed by atoms with Gasteiger partial charge in [0.25, 0.3) is 0 Å². The van der Waals surface area contributed by atoms with Crippen LogP contribution >= 0.6 is 12.2 Å². The number of likely N-dealkylation sites (tertiary alicyclic amines) is 1. The van der Waals surface area contributed by atoms with E-state index in [1.165, 1.54) is 0 Å². The minimum Gasteiger partial charge on any atom is -0.460 e. The molecule has 18 heavy (non-hydrogen) atoms. The Labute approximate surface area is 112 Å². The van der Waals surface area contributed by atoms with E-state index in [-0.39, 0.29) is 11.1 Å². The SMILES string of the molecule is Cc1cc(C(N)=S)nc(OC2CCN(C)CC2)n1. The molecule has 1 aromatic heterocycles. The Morgan fingerprint density at radius 1 is 1.44 bits per heavy atom. The first-order valence-corrected chi connectivity index (χ1v) is 6.46. The molecule has 1 aromatic rings. The number of nitrogens with zero attached hydrogens (tertiary/aromatic N) is 3. The second-order valence-corrected chi connectivity index (χ2v) is 5.10. The van der Waals surface area contributed by atoms with E-state index in [0.29, 0.717) is 11.7 Å². The van der Waals surface area contributed by atoms with Crippen LogP contribution in [0.3, 0.4) is 0 Å². The van der Waals surface area contributed by atoms with Crippen molar-refractivity contribution in [3.63, 3.8) is 0 Å². The van der Waals surface area contributed by atoms with Gasteiger partial charge >= 0.3 is 6.01 Å². The molecular formula is C12H18N4OS. The van der Waals surface area contributed by atoms with Crippen LogP contribution < -0.4 is 10.5 Å². The lowest BCUT2D eigenvalue weighted by molar-refractivity contribution is 0.105. The van der Waals surface area contributed by atoms with Crippen molar-refractivity contribution in [3.05, 3.63) is 17.5 Å². The second-order valence-electron chi connectivity index (χ2n) is 4.66. The molecule has 1 aliphatic heterocycles. The Kier molecular flexibility index (Phi) is 4.08. The maximum atomic E-state index is 5.81. The zero-order valence-corrected chi connectivity index (χ0v) is 11.5. The highest BCUT2D eigenvalue weighted by Gasteiger charge is 2.19.